The average molecular weight is 679 g/mol. The number of nitrogens with one attached hydrogen (secondary N) is 1. The fourth-order valence-corrected chi connectivity index (χ4v) is 6.98. The van der Waals surface area contributed by atoms with Crippen LogP contribution in [0.1, 0.15) is 32.8 Å². The van der Waals surface area contributed by atoms with Gasteiger partial charge >= 0.3 is 13.7 Å². The van der Waals surface area contributed by atoms with Gasteiger partial charge in [0.15, 0.2) is 29.4 Å². The van der Waals surface area contributed by atoms with Crippen molar-refractivity contribution in [3.63, 3.8) is 0 Å². The van der Waals surface area contributed by atoms with Crippen molar-refractivity contribution < 1.29 is 37.4 Å². The SMILES string of the molecule is Cc1nc(N(C)C)c2ncn([C@@H]3O[C@](CCl)(COP(=O)(N[C@H](C)C(=O)OC(C)C)Oc4cccc5ccccc45)[C@@H](O)[C@H]3F)c2n1. The molecule has 3 heterocycles. The zero-order valence-corrected chi connectivity index (χ0v) is 27.9. The second kappa shape index (κ2) is 13.4. The summed E-state index contributed by atoms with van der Waals surface area (Å²) in [6, 6.07) is 11.3. The van der Waals surface area contributed by atoms with Gasteiger partial charge < -0.3 is 24.0 Å². The smallest absolute Gasteiger partial charge is 0.459 e. The molecule has 0 saturated carbocycles. The minimum Gasteiger partial charge on any atom is -0.462 e. The Hall–Kier alpha value is -3.39. The topological polar surface area (TPSA) is 150 Å². The molecule has 0 spiro atoms. The Morgan fingerprint density at radius 2 is 1.93 bits per heavy atom. The largest absolute Gasteiger partial charge is 0.462 e. The summed E-state index contributed by atoms with van der Waals surface area (Å²) in [4.78, 5) is 27.6. The van der Waals surface area contributed by atoms with Crippen molar-refractivity contribution in [2.45, 2.75) is 63.9 Å². The fraction of sp³-hybridized carbons (Fsp3) is 0.467. The van der Waals surface area contributed by atoms with Crippen LogP contribution in [0.5, 0.6) is 5.75 Å². The van der Waals surface area contributed by atoms with E-state index in [1.165, 1.54) is 17.8 Å². The maximum Gasteiger partial charge on any atom is 0.459 e. The summed E-state index contributed by atoms with van der Waals surface area (Å²) < 4.78 is 54.8. The van der Waals surface area contributed by atoms with Gasteiger partial charge in [0.25, 0.3) is 0 Å². The molecule has 6 atom stereocenters. The van der Waals surface area contributed by atoms with Crippen LogP contribution in [0.25, 0.3) is 21.9 Å². The Balaban J connectivity index is 1.46. The van der Waals surface area contributed by atoms with Gasteiger partial charge in [0.2, 0.25) is 0 Å². The van der Waals surface area contributed by atoms with Gasteiger partial charge in [-0.3, -0.25) is 13.9 Å². The highest BCUT2D eigenvalue weighted by atomic mass is 35.5. The van der Waals surface area contributed by atoms with Crippen LogP contribution in [0.15, 0.2) is 48.8 Å². The van der Waals surface area contributed by atoms with Gasteiger partial charge in [0.1, 0.15) is 29.3 Å². The average Bonchev–Trinajstić information content (AvgIpc) is 3.53. The third-order valence-corrected chi connectivity index (χ3v) is 9.47. The summed E-state index contributed by atoms with van der Waals surface area (Å²) in [5.41, 5.74) is -1.21. The van der Waals surface area contributed by atoms with E-state index in [-0.39, 0.29) is 11.4 Å². The number of hydrogen-bond donors (Lipinski definition) is 2. The van der Waals surface area contributed by atoms with E-state index >= 15 is 4.39 Å². The van der Waals surface area contributed by atoms with Gasteiger partial charge in [-0.05, 0) is 39.1 Å². The first-order chi connectivity index (χ1) is 21.8. The van der Waals surface area contributed by atoms with E-state index in [1.807, 2.05) is 18.2 Å². The van der Waals surface area contributed by atoms with E-state index < -0.39 is 62.5 Å². The Morgan fingerprint density at radius 1 is 1.22 bits per heavy atom. The monoisotopic (exact) mass is 678 g/mol. The molecule has 1 saturated heterocycles. The number of aliphatic hydroxyl groups is 1. The lowest BCUT2D eigenvalue weighted by atomic mass is 9.99. The zero-order valence-electron chi connectivity index (χ0n) is 26.3. The molecule has 13 nitrogen and oxygen atoms in total. The third-order valence-electron chi connectivity index (χ3n) is 7.41. The highest BCUT2D eigenvalue weighted by Crippen LogP contribution is 2.50. The molecule has 0 amide bonds. The van der Waals surface area contributed by atoms with Gasteiger partial charge in [0.05, 0.1) is 24.9 Å². The lowest BCUT2D eigenvalue weighted by Gasteiger charge is -2.31. The molecule has 2 aromatic heterocycles. The van der Waals surface area contributed by atoms with Crippen LogP contribution < -0.4 is 14.5 Å². The normalized spacial score (nSPS) is 23.5. The molecule has 0 bridgehead atoms. The van der Waals surface area contributed by atoms with E-state index in [9.17, 15) is 14.5 Å². The second-order valence-corrected chi connectivity index (χ2v) is 13.5. The Morgan fingerprint density at radius 3 is 2.63 bits per heavy atom. The van der Waals surface area contributed by atoms with Crippen LogP contribution in [0.3, 0.4) is 0 Å². The highest BCUT2D eigenvalue weighted by Gasteiger charge is 2.57. The van der Waals surface area contributed by atoms with E-state index in [0.717, 1.165) is 5.39 Å². The number of rotatable bonds is 12. The maximum absolute atomic E-state index is 15.9. The minimum absolute atomic E-state index is 0.198. The van der Waals surface area contributed by atoms with Gasteiger partial charge in [0, 0.05) is 19.5 Å². The van der Waals surface area contributed by atoms with Gasteiger partial charge in [-0.1, -0.05) is 36.4 Å². The van der Waals surface area contributed by atoms with E-state index in [0.29, 0.717) is 22.5 Å². The molecular weight excluding hydrogens is 642 g/mol. The number of halogens is 2. The molecule has 46 heavy (non-hydrogen) atoms. The Labute approximate surface area is 270 Å². The molecule has 2 N–H and O–H groups in total. The molecule has 4 aromatic rings. The summed E-state index contributed by atoms with van der Waals surface area (Å²) in [6.45, 7) is 5.81. The zero-order chi connectivity index (χ0) is 33.4. The molecule has 5 rings (SSSR count). The number of aryl methyl sites for hydroxylation is 1. The van der Waals surface area contributed by atoms with Crippen LogP contribution in [0.2, 0.25) is 0 Å². The van der Waals surface area contributed by atoms with Gasteiger partial charge in [-0.2, -0.15) is 5.09 Å². The van der Waals surface area contributed by atoms with Crippen LogP contribution in [0, 0.1) is 6.92 Å². The number of carbonyl (C=O) groups is 1. The van der Waals surface area contributed by atoms with Crippen LogP contribution >= 0.6 is 19.3 Å². The molecule has 1 fully saturated rings. The van der Waals surface area contributed by atoms with Gasteiger partial charge in [-0.15, -0.1) is 11.6 Å². The van der Waals surface area contributed by atoms with Crippen molar-refractivity contribution in [1.29, 1.82) is 0 Å². The number of esters is 1. The quantitative estimate of drug-likeness (QED) is 0.122. The van der Waals surface area contributed by atoms with Crippen molar-refractivity contribution >= 4 is 53.1 Å². The molecule has 1 aliphatic heterocycles. The Kier molecular flexibility index (Phi) is 9.88. The molecule has 0 radical (unpaired) electrons. The number of nitrogens with zero attached hydrogens (tertiary/aromatic N) is 5. The molecule has 1 unspecified atom stereocenters. The van der Waals surface area contributed by atoms with Crippen molar-refractivity contribution in [3.05, 3.63) is 54.6 Å². The number of aromatic nitrogens is 4. The minimum atomic E-state index is -4.46. The molecule has 2 aromatic carbocycles. The number of fused-ring (bicyclic) bond motifs is 2. The van der Waals surface area contributed by atoms with E-state index in [4.69, 9.17) is 30.1 Å². The standard InChI is InChI=1S/C30H37ClFN6O7P/c1-17(2)43-29(40)18(3)36-46(41,45-22-13-9-11-20-10-7-8-12-21(20)22)42-15-30(14-31)25(39)23(32)28(44-30)38-16-33-24-26(37(5)6)34-19(4)35-27(24)38/h7-13,16-18,23,25,28,39H,14-15H2,1-6H3,(H,36,41)/t18-,23-,25+,28-,30-,46?/m1/s1. The molecule has 1 aliphatic rings. The summed E-state index contributed by atoms with van der Waals surface area (Å²) in [6.07, 6.45) is -4.34. The third kappa shape index (κ3) is 6.69. The first-order valence-electron chi connectivity index (χ1n) is 14.6. The fourth-order valence-electron chi connectivity index (χ4n) is 5.12. The lowest BCUT2D eigenvalue weighted by Crippen LogP contribution is -2.48. The summed E-state index contributed by atoms with van der Waals surface area (Å²) >= 11 is 6.33. The number of carbonyl (C=O) groups excluding carboxylic acids is 1. The van der Waals surface area contributed by atoms with Crippen molar-refractivity contribution in [1.82, 2.24) is 24.6 Å². The number of alkyl halides is 2. The Bertz CT molecular complexity index is 1770. The summed E-state index contributed by atoms with van der Waals surface area (Å²) in [5, 5.41) is 15.2. The van der Waals surface area contributed by atoms with Gasteiger partial charge in [-0.25, -0.2) is 23.9 Å². The number of imidazole rings is 1. The number of benzene rings is 2. The lowest BCUT2D eigenvalue weighted by molar-refractivity contribution is -0.149. The van der Waals surface area contributed by atoms with Crippen LogP contribution in [0.4, 0.5) is 10.2 Å². The maximum atomic E-state index is 15.9. The number of aliphatic hydroxyl groups excluding tert-OH is 1. The predicted octanol–water partition coefficient (Wildman–Crippen LogP) is 4.69. The molecule has 0 aliphatic carbocycles. The van der Waals surface area contributed by atoms with Crippen LogP contribution in [-0.4, -0.2) is 87.2 Å². The summed E-state index contributed by atoms with van der Waals surface area (Å²) in [5.74, 6) is -0.0151. The molecule has 16 heteroatoms. The first-order valence-corrected chi connectivity index (χ1v) is 16.7. The first kappa shape index (κ1) is 34.0. The number of hydrogen-bond acceptors (Lipinski definition) is 11. The predicted molar refractivity (Wildman–Crippen MR) is 171 cm³/mol. The van der Waals surface area contributed by atoms with E-state index in [2.05, 4.69) is 20.0 Å². The summed E-state index contributed by atoms with van der Waals surface area (Å²) in [7, 11) is -0.882. The van der Waals surface area contributed by atoms with Crippen LogP contribution in [-0.2, 0) is 23.4 Å². The molecular formula is C30H37ClFN6O7P. The number of anilines is 1. The number of ether oxygens (including phenoxy) is 2. The molecule has 248 valence electrons. The second-order valence-electron chi connectivity index (χ2n) is 11.6. The van der Waals surface area contributed by atoms with Crippen molar-refractivity contribution in [2.24, 2.45) is 0 Å². The van der Waals surface area contributed by atoms with Crippen molar-refractivity contribution in [2.75, 3.05) is 31.5 Å². The van der Waals surface area contributed by atoms with Crippen molar-refractivity contribution in [3.8, 4) is 5.75 Å². The van der Waals surface area contributed by atoms with E-state index in [1.54, 1.807) is 64.0 Å². The highest BCUT2D eigenvalue weighted by molar-refractivity contribution is 7.52.